The van der Waals surface area contributed by atoms with E-state index in [1.807, 2.05) is 47.1 Å². The molecule has 0 unspecified atom stereocenters. The number of pyridine rings is 1. The second-order valence-corrected chi connectivity index (χ2v) is 6.07. The van der Waals surface area contributed by atoms with Gasteiger partial charge in [-0.15, -0.1) is 0 Å². The molecule has 24 heavy (non-hydrogen) atoms. The molecule has 0 radical (unpaired) electrons. The molecule has 0 aliphatic heterocycles. The van der Waals surface area contributed by atoms with Crippen molar-refractivity contribution in [3.8, 4) is 5.75 Å². The lowest BCUT2D eigenvalue weighted by Crippen LogP contribution is -2.23. The molecule has 0 fully saturated rings. The number of nitrogens with zero attached hydrogens (tertiary/aromatic N) is 2. The number of benzene rings is 1. The van der Waals surface area contributed by atoms with Gasteiger partial charge in [0, 0.05) is 25.5 Å². The largest absolute Gasteiger partial charge is 0.487 e. The zero-order valence-corrected chi connectivity index (χ0v) is 14.1. The van der Waals surface area contributed by atoms with Crippen LogP contribution < -0.4 is 10.1 Å². The van der Waals surface area contributed by atoms with Crippen molar-refractivity contribution in [3.05, 3.63) is 65.6 Å². The molecule has 2 aromatic heterocycles. The zero-order chi connectivity index (χ0) is 16.9. The van der Waals surface area contributed by atoms with Crippen molar-refractivity contribution in [2.75, 3.05) is 6.54 Å². The molecule has 0 aliphatic rings. The Morgan fingerprint density at radius 1 is 1.25 bits per heavy atom. The molecule has 5 nitrogen and oxygen atoms in total. The fourth-order valence-electron chi connectivity index (χ4n) is 2.56. The zero-order valence-electron chi connectivity index (χ0n) is 14.1. The Morgan fingerprint density at radius 3 is 2.75 bits per heavy atom. The van der Waals surface area contributed by atoms with Gasteiger partial charge in [-0.05, 0) is 43.2 Å². The minimum atomic E-state index is -0.332. The maximum Gasteiger partial charge on any atom is 0.140 e. The van der Waals surface area contributed by atoms with E-state index in [0.29, 0.717) is 13.2 Å². The maximum absolute atomic E-state index is 9.23. The van der Waals surface area contributed by atoms with Crippen molar-refractivity contribution >= 4 is 5.65 Å². The van der Waals surface area contributed by atoms with Gasteiger partial charge in [-0.1, -0.05) is 18.2 Å². The predicted octanol–water partition coefficient (Wildman–Crippen LogP) is 2.69. The third-order valence-corrected chi connectivity index (χ3v) is 3.81. The van der Waals surface area contributed by atoms with Crippen molar-refractivity contribution in [1.82, 2.24) is 14.7 Å². The van der Waals surface area contributed by atoms with Gasteiger partial charge in [0.1, 0.15) is 18.0 Å². The van der Waals surface area contributed by atoms with Gasteiger partial charge in [0.05, 0.1) is 11.8 Å². The quantitative estimate of drug-likeness (QED) is 0.701. The number of ether oxygens (including phenoxy) is 1. The second-order valence-electron chi connectivity index (χ2n) is 6.07. The Balaban J connectivity index is 1.56. The van der Waals surface area contributed by atoms with Crippen molar-refractivity contribution in [2.24, 2.45) is 0 Å². The number of rotatable bonds is 7. The highest BCUT2D eigenvalue weighted by Gasteiger charge is 2.04. The Labute approximate surface area is 141 Å². The highest BCUT2D eigenvalue weighted by Crippen LogP contribution is 2.15. The van der Waals surface area contributed by atoms with Crippen LogP contribution >= 0.6 is 0 Å². The molecule has 0 amide bonds. The van der Waals surface area contributed by atoms with Gasteiger partial charge in [-0.3, -0.25) is 0 Å². The number of hydrogen-bond donors (Lipinski definition) is 2. The average Bonchev–Trinajstić information content (AvgIpc) is 2.98. The van der Waals surface area contributed by atoms with Crippen molar-refractivity contribution in [2.45, 2.75) is 33.1 Å². The van der Waals surface area contributed by atoms with E-state index < -0.39 is 0 Å². The monoisotopic (exact) mass is 325 g/mol. The van der Waals surface area contributed by atoms with Crippen LogP contribution in [0, 0.1) is 6.92 Å². The molecule has 0 saturated heterocycles. The van der Waals surface area contributed by atoms with E-state index in [0.717, 1.165) is 34.8 Å². The second kappa shape index (κ2) is 7.47. The first kappa shape index (κ1) is 16.5. The SMILES string of the molecule is Cc1cccn2cc(COc3ccc(CNC[C@H](C)O)cc3)nc12. The third kappa shape index (κ3) is 4.13. The van der Waals surface area contributed by atoms with E-state index in [4.69, 9.17) is 4.74 Å². The van der Waals surface area contributed by atoms with Crippen LogP contribution in [0.25, 0.3) is 5.65 Å². The fraction of sp³-hybridized carbons (Fsp3) is 0.316. The van der Waals surface area contributed by atoms with Crippen LogP contribution in [0.1, 0.15) is 23.7 Å². The van der Waals surface area contributed by atoms with Gasteiger partial charge in [0.2, 0.25) is 0 Å². The number of hydrogen-bond acceptors (Lipinski definition) is 4. The highest BCUT2D eigenvalue weighted by molar-refractivity contribution is 5.47. The van der Waals surface area contributed by atoms with E-state index in [1.54, 1.807) is 6.92 Å². The van der Waals surface area contributed by atoms with Crippen LogP contribution in [0.5, 0.6) is 5.75 Å². The highest BCUT2D eigenvalue weighted by atomic mass is 16.5. The standard InChI is InChI=1S/C19H23N3O2/c1-14-4-3-9-22-12-17(21-19(14)22)13-24-18-7-5-16(6-8-18)11-20-10-15(2)23/h3-9,12,15,20,23H,10-11,13H2,1-2H3/t15-/m0/s1. The summed E-state index contributed by atoms with van der Waals surface area (Å²) in [7, 11) is 0. The maximum atomic E-state index is 9.23. The number of aliphatic hydroxyl groups is 1. The van der Waals surface area contributed by atoms with Gasteiger partial charge >= 0.3 is 0 Å². The van der Waals surface area contributed by atoms with Gasteiger partial charge in [0.25, 0.3) is 0 Å². The lowest BCUT2D eigenvalue weighted by atomic mass is 10.2. The Bertz CT molecular complexity index is 794. The van der Waals surface area contributed by atoms with Crippen molar-refractivity contribution in [3.63, 3.8) is 0 Å². The summed E-state index contributed by atoms with van der Waals surface area (Å²) in [5.41, 5.74) is 4.19. The molecule has 126 valence electrons. The minimum Gasteiger partial charge on any atom is -0.487 e. The Morgan fingerprint density at radius 2 is 2.04 bits per heavy atom. The molecular formula is C19H23N3O2. The summed E-state index contributed by atoms with van der Waals surface area (Å²) < 4.78 is 7.84. The van der Waals surface area contributed by atoms with Crippen LogP contribution in [-0.4, -0.2) is 27.1 Å². The summed E-state index contributed by atoms with van der Waals surface area (Å²) in [6, 6.07) is 12.0. The van der Waals surface area contributed by atoms with E-state index >= 15 is 0 Å². The molecule has 2 heterocycles. The van der Waals surface area contributed by atoms with Crippen LogP contribution in [0.15, 0.2) is 48.8 Å². The molecule has 2 N–H and O–H groups in total. The first-order valence-corrected chi connectivity index (χ1v) is 8.15. The molecular weight excluding hydrogens is 302 g/mol. The molecule has 1 atom stereocenters. The summed E-state index contributed by atoms with van der Waals surface area (Å²) in [5.74, 6) is 0.822. The van der Waals surface area contributed by atoms with E-state index in [1.165, 1.54) is 0 Å². The lowest BCUT2D eigenvalue weighted by Gasteiger charge is -2.08. The minimum absolute atomic E-state index is 0.332. The summed E-state index contributed by atoms with van der Waals surface area (Å²) >= 11 is 0. The van der Waals surface area contributed by atoms with E-state index in [9.17, 15) is 5.11 Å². The molecule has 1 aromatic carbocycles. The van der Waals surface area contributed by atoms with Gasteiger partial charge < -0.3 is 19.6 Å². The normalized spacial score (nSPS) is 12.5. The van der Waals surface area contributed by atoms with Crippen LogP contribution in [-0.2, 0) is 13.2 Å². The summed E-state index contributed by atoms with van der Waals surface area (Å²) in [6.45, 7) is 5.59. The fourth-order valence-corrected chi connectivity index (χ4v) is 2.56. The first-order valence-electron chi connectivity index (χ1n) is 8.15. The molecule has 0 aliphatic carbocycles. The number of imidazole rings is 1. The van der Waals surface area contributed by atoms with E-state index in [-0.39, 0.29) is 6.10 Å². The van der Waals surface area contributed by atoms with Crippen molar-refractivity contribution in [1.29, 1.82) is 0 Å². The molecule has 0 saturated carbocycles. The summed E-state index contributed by atoms with van der Waals surface area (Å²) in [4.78, 5) is 4.61. The lowest BCUT2D eigenvalue weighted by molar-refractivity contribution is 0.191. The average molecular weight is 325 g/mol. The molecule has 3 rings (SSSR count). The number of aliphatic hydroxyl groups excluding tert-OH is 1. The molecule has 0 spiro atoms. The van der Waals surface area contributed by atoms with Crippen LogP contribution in [0.2, 0.25) is 0 Å². The Kier molecular flexibility index (Phi) is 5.13. The number of nitrogens with one attached hydrogen (secondary N) is 1. The van der Waals surface area contributed by atoms with Crippen LogP contribution in [0.3, 0.4) is 0 Å². The van der Waals surface area contributed by atoms with Gasteiger partial charge in [-0.25, -0.2) is 4.98 Å². The van der Waals surface area contributed by atoms with E-state index in [2.05, 4.69) is 23.3 Å². The number of aromatic nitrogens is 2. The number of fused-ring (bicyclic) bond motifs is 1. The predicted molar refractivity (Wildman–Crippen MR) is 94.1 cm³/mol. The third-order valence-electron chi connectivity index (χ3n) is 3.81. The molecule has 0 bridgehead atoms. The molecule has 3 aromatic rings. The molecule has 5 heteroatoms. The summed E-state index contributed by atoms with van der Waals surface area (Å²) in [5, 5.41) is 12.4. The first-order chi connectivity index (χ1) is 11.6. The van der Waals surface area contributed by atoms with Crippen LogP contribution in [0.4, 0.5) is 0 Å². The number of aryl methyl sites for hydroxylation is 1. The summed E-state index contributed by atoms with van der Waals surface area (Å²) in [6.07, 6.45) is 3.66. The smallest absolute Gasteiger partial charge is 0.140 e. The van der Waals surface area contributed by atoms with Crippen molar-refractivity contribution < 1.29 is 9.84 Å². The topological polar surface area (TPSA) is 58.8 Å². The van der Waals surface area contributed by atoms with Gasteiger partial charge in [0.15, 0.2) is 0 Å². The van der Waals surface area contributed by atoms with Gasteiger partial charge in [-0.2, -0.15) is 0 Å². The Hall–Kier alpha value is -2.37.